The lowest BCUT2D eigenvalue weighted by atomic mass is 9.97. The van der Waals surface area contributed by atoms with Crippen molar-refractivity contribution in [2.45, 2.75) is 42.9 Å². The highest BCUT2D eigenvalue weighted by molar-refractivity contribution is 7.91. The molecule has 0 saturated carbocycles. The van der Waals surface area contributed by atoms with E-state index in [2.05, 4.69) is 20.9 Å². The number of aromatic amines is 1. The number of halogens is 3. The summed E-state index contributed by atoms with van der Waals surface area (Å²) >= 11 is 0. The summed E-state index contributed by atoms with van der Waals surface area (Å²) in [5.41, 5.74) is 0.150. The summed E-state index contributed by atoms with van der Waals surface area (Å²) in [5, 5.41) is 9.84. The van der Waals surface area contributed by atoms with Crippen LogP contribution in [0.15, 0.2) is 47.5 Å². The van der Waals surface area contributed by atoms with Gasteiger partial charge in [0.25, 0.3) is 0 Å². The average Bonchev–Trinajstić information content (AvgIpc) is 3.22. The zero-order chi connectivity index (χ0) is 25.4. The van der Waals surface area contributed by atoms with E-state index in [1.807, 2.05) is 0 Å². The molecule has 0 aliphatic carbocycles. The third kappa shape index (κ3) is 5.46. The van der Waals surface area contributed by atoms with E-state index in [1.165, 1.54) is 30.5 Å². The lowest BCUT2D eigenvalue weighted by Gasteiger charge is -2.32. The summed E-state index contributed by atoms with van der Waals surface area (Å²) in [6.07, 6.45) is -1.13. The van der Waals surface area contributed by atoms with E-state index in [1.54, 1.807) is 13.0 Å². The lowest BCUT2D eigenvalue weighted by Crippen LogP contribution is -2.52. The van der Waals surface area contributed by atoms with Gasteiger partial charge in [0.15, 0.2) is 9.84 Å². The predicted octanol–water partition coefficient (Wildman–Crippen LogP) is 3.93. The second-order valence-corrected chi connectivity index (χ2v) is 10.7. The number of piperidine rings is 1. The second kappa shape index (κ2) is 9.54. The molecule has 1 amide bonds. The van der Waals surface area contributed by atoms with Gasteiger partial charge in [-0.05, 0) is 36.2 Å². The van der Waals surface area contributed by atoms with Gasteiger partial charge in [0, 0.05) is 60.7 Å². The highest BCUT2D eigenvalue weighted by Gasteiger charge is 2.35. The largest absolute Gasteiger partial charge is 0.417 e. The van der Waals surface area contributed by atoms with Crippen LogP contribution in [-0.2, 0) is 20.8 Å². The maximum Gasteiger partial charge on any atom is 0.417 e. The van der Waals surface area contributed by atoms with Crippen LogP contribution < -0.4 is 16.0 Å². The fourth-order valence-electron chi connectivity index (χ4n) is 4.49. The number of rotatable bonds is 6. The Balaban J connectivity index is 1.71. The van der Waals surface area contributed by atoms with Gasteiger partial charge in [0.1, 0.15) is 0 Å². The van der Waals surface area contributed by atoms with Gasteiger partial charge in [-0.15, -0.1) is 0 Å². The van der Waals surface area contributed by atoms with Crippen LogP contribution in [0, 0.1) is 0 Å². The van der Waals surface area contributed by atoms with Crippen LogP contribution in [0.4, 0.5) is 18.9 Å². The molecule has 0 bridgehead atoms. The Bertz CT molecular complexity index is 1350. The third-order valence-electron chi connectivity index (χ3n) is 6.10. The Hall–Kier alpha value is -3.05. The van der Waals surface area contributed by atoms with Crippen molar-refractivity contribution in [2.75, 3.05) is 24.7 Å². The molecule has 7 nitrogen and oxygen atoms in total. The molecular formula is C24H27F3N4O3S. The molecule has 4 rings (SSSR count). The van der Waals surface area contributed by atoms with Crippen LogP contribution in [0.3, 0.4) is 0 Å². The number of sulfone groups is 1. The molecule has 1 aliphatic rings. The summed E-state index contributed by atoms with van der Waals surface area (Å²) in [6, 6.07) is 8.21. The molecule has 1 fully saturated rings. The SMILES string of the molecule is CCC(=O)N[C@@H]1CNC[C@H](Nc2ccc(C(F)(F)F)c(-c3c[nH]c4c(S(C)(=O)=O)cccc34)c2)C1. The molecular weight excluding hydrogens is 481 g/mol. The summed E-state index contributed by atoms with van der Waals surface area (Å²) < 4.78 is 66.1. The number of carbonyl (C=O) groups is 1. The second-order valence-electron chi connectivity index (χ2n) is 8.76. The Morgan fingerprint density at radius 2 is 1.86 bits per heavy atom. The number of nitrogens with one attached hydrogen (secondary N) is 4. The minimum Gasteiger partial charge on any atom is -0.381 e. The van der Waals surface area contributed by atoms with E-state index in [0.29, 0.717) is 37.0 Å². The fraction of sp³-hybridized carbons (Fsp3) is 0.375. The summed E-state index contributed by atoms with van der Waals surface area (Å²) in [5.74, 6) is -0.0536. The quantitative estimate of drug-likeness (QED) is 0.404. The fourth-order valence-corrected chi connectivity index (χ4v) is 5.36. The number of H-pyrrole nitrogens is 1. The topological polar surface area (TPSA) is 103 Å². The molecule has 0 radical (unpaired) electrons. The van der Waals surface area contributed by atoms with Crippen LogP contribution in [0.5, 0.6) is 0 Å². The van der Waals surface area contributed by atoms with Gasteiger partial charge in [-0.3, -0.25) is 4.79 Å². The average molecular weight is 509 g/mol. The lowest BCUT2D eigenvalue weighted by molar-refractivity contribution is -0.137. The Kier molecular flexibility index (Phi) is 6.83. The van der Waals surface area contributed by atoms with Crippen molar-refractivity contribution >= 4 is 32.3 Å². The predicted molar refractivity (Wildman–Crippen MR) is 129 cm³/mol. The standard InChI is InChI=1S/C24H27F3N4O3S/c1-3-22(32)31-16-9-15(11-28-12-16)30-14-7-8-20(24(25,26)27)18(10-14)19-13-29-23-17(19)5-4-6-21(23)35(2,33)34/h4-8,10,13,15-16,28-30H,3,9,11-12H2,1-2H3,(H,31,32)/t15-,16+/m1/s1. The first-order chi connectivity index (χ1) is 16.5. The van der Waals surface area contributed by atoms with E-state index in [-0.39, 0.29) is 39.5 Å². The number of aromatic nitrogens is 1. The molecule has 3 aromatic rings. The summed E-state index contributed by atoms with van der Waals surface area (Å²) in [6.45, 7) is 2.99. The molecule has 1 aliphatic heterocycles. The number of amides is 1. The van der Waals surface area contributed by atoms with Gasteiger partial charge in [0.05, 0.1) is 16.0 Å². The van der Waals surface area contributed by atoms with Crippen molar-refractivity contribution in [3.05, 3.63) is 48.2 Å². The number of carbonyl (C=O) groups excluding carboxylic acids is 1. The van der Waals surface area contributed by atoms with Gasteiger partial charge in [-0.1, -0.05) is 19.1 Å². The van der Waals surface area contributed by atoms with E-state index in [9.17, 15) is 26.4 Å². The normalized spacial score (nSPS) is 19.0. The van der Waals surface area contributed by atoms with Crippen LogP contribution in [0.1, 0.15) is 25.3 Å². The number of fused-ring (bicyclic) bond motifs is 1. The molecule has 35 heavy (non-hydrogen) atoms. The van der Waals surface area contributed by atoms with Crippen molar-refractivity contribution in [3.8, 4) is 11.1 Å². The van der Waals surface area contributed by atoms with Gasteiger partial charge in [0.2, 0.25) is 5.91 Å². The Morgan fingerprint density at radius 1 is 1.11 bits per heavy atom. The number of anilines is 1. The zero-order valence-electron chi connectivity index (χ0n) is 19.3. The molecule has 11 heteroatoms. The third-order valence-corrected chi connectivity index (χ3v) is 7.24. The number of hydrogen-bond acceptors (Lipinski definition) is 5. The summed E-state index contributed by atoms with van der Waals surface area (Å²) in [4.78, 5) is 14.6. The zero-order valence-corrected chi connectivity index (χ0v) is 20.1. The van der Waals surface area contributed by atoms with Gasteiger partial charge in [-0.2, -0.15) is 13.2 Å². The monoisotopic (exact) mass is 508 g/mol. The maximum atomic E-state index is 13.9. The van der Waals surface area contributed by atoms with Crippen molar-refractivity contribution < 1.29 is 26.4 Å². The van der Waals surface area contributed by atoms with E-state index >= 15 is 0 Å². The van der Waals surface area contributed by atoms with Crippen molar-refractivity contribution in [1.29, 1.82) is 0 Å². The van der Waals surface area contributed by atoms with E-state index < -0.39 is 21.6 Å². The Labute approximate surface area is 201 Å². The van der Waals surface area contributed by atoms with Gasteiger partial charge < -0.3 is 20.9 Å². The molecule has 2 aromatic carbocycles. The molecule has 188 valence electrons. The number of alkyl halides is 3. The van der Waals surface area contributed by atoms with E-state index in [4.69, 9.17) is 0 Å². The summed E-state index contributed by atoms with van der Waals surface area (Å²) in [7, 11) is -3.58. The van der Waals surface area contributed by atoms with Crippen molar-refractivity contribution in [2.24, 2.45) is 0 Å². The minimum absolute atomic E-state index is 0.0255. The van der Waals surface area contributed by atoms with E-state index in [0.717, 1.165) is 12.3 Å². The number of para-hydroxylation sites is 1. The Morgan fingerprint density at radius 3 is 2.54 bits per heavy atom. The minimum atomic E-state index is -4.60. The van der Waals surface area contributed by atoms with Crippen molar-refractivity contribution in [3.63, 3.8) is 0 Å². The maximum absolute atomic E-state index is 13.9. The molecule has 2 heterocycles. The first-order valence-electron chi connectivity index (χ1n) is 11.3. The van der Waals surface area contributed by atoms with Crippen LogP contribution >= 0.6 is 0 Å². The first-order valence-corrected chi connectivity index (χ1v) is 13.1. The van der Waals surface area contributed by atoms with Gasteiger partial charge >= 0.3 is 6.18 Å². The number of hydrogen-bond donors (Lipinski definition) is 4. The molecule has 1 aromatic heterocycles. The van der Waals surface area contributed by atoms with Crippen LogP contribution in [0.25, 0.3) is 22.0 Å². The molecule has 0 unspecified atom stereocenters. The highest BCUT2D eigenvalue weighted by atomic mass is 32.2. The molecule has 0 spiro atoms. The molecule has 4 N–H and O–H groups in total. The smallest absolute Gasteiger partial charge is 0.381 e. The van der Waals surface area contributed by atoms with Crippen LogP contribution in [0.2, 0.25) is 0 Å². The first kappa shape index (κ1) is 25.1. The molecule has 1 saturated heterocycles. The van der Waals surface area contributed by atoms with Crippen molar-refractivity contribution in [1.82, 2.24) is 15.6 Å². The van der Waals surface area contributed by atoms with Crippen LogP contribution in [-0.4, -0.2) is 50.7 Å². The van der Waals surface area contributed by atoms with Gasteiger partial charge in [-0.25, -0.2) is 8.42 Å². The highest BCUT2D eigenvalue weighted by Crippen LogP contribution is 2.41. The number of benzene rings is 2. The molecule has 2 atom stereocenters.